The topological polar surface area (TPSA) is 41.9 Å². The first-order chi connectivity index (χ1) is 27.3. The van der Waals surface area contributed by atoms with Crippen molar-refractivity contribution in [2.75, 3.05) is 4.90 Å². The van der Waals surface area contributed by atoms with E-state index in [4.69, 9.17) is 15.0 Å². The van der Waals surface area contributed by atoms with Gasteiger partial charge in [-0.25, -0.2) is 4.98 Å². The van der Waals surface area contributed by atoms with Gasteiger partial charge in [-0.1, -0.05) is 152 Å². The summed E-state index contributed by atoms with van der Waals surface area (Å²) in [5, 5.41) is 4.84. The smallest absolute Gasteiger partial charge is 0.238 e. The average molecular weight is 719 g/mol. The van der Waals surface area contributed by atoms with Crippen LogP contribution in [-0.4, -0.2) is 15.0 Å². The van der Waals surface area contributed by atoms with Crippen LogP contribution in [0.2, 0.25) is 0 Å². The standard InChI is InChI=1S/C50H30N4S/c1-2-14-32-29-33(26-25-31(32)13-1)47-51-48(34-27-28-38-37-17-5-12-24-45(37)55-46(38)30-34)53-49(52-47)54-43-22-10-8-20-41(43)50(42-21-9-11-23-44(42)54)39-18-6-3-15-35(39)36-16-4-7-19-40(36)50/h1-30H. The van der Waals surface area contributed by atoms with Crippen molar-refractivity contribution in [1.82, 2.24) is 15.0 Å². The van der Waals surface area contributed by atoms with E-state index in [1.54, 1.807) is 11.3 Å². The highest BCUT2D eigenvalue weighted by molar-refractivity contribution is 7.25. The van der Waals surface area contributed by atoms with Gasteiger partial charge in [-0.2, -0.15) is 9.97 Å². The van der Waals surface area contributed by atoms with Crippen LogP contribution in [0.15, 0.2) is 182 Å². The Hall–Kier alpha value is -6.95. The van der Waals surface area contributed by atoms with E-state index < -0.39 is 5.41 Å². The molecule has 0 amide bonds. The van der Waals surface area contributed by atoms with Gasteiger partial charge in [0.1, 0.15) is 0 Å². The van der Waals surface area contributed by atoms with Gasteiger partial charge >= 0.3 is 0 Å². The Balaban J connectivity index is 1.13. The van der Waals surface area contributed by atoms with Crippen LogP contribution in [-0.2, 0) is 5.41 Å². The third kappa shape index (κ3) is 4.30. The molecule has 0 unspecified atom stereocenters. The lowest BCUT2D eigenvalue weighted by molar-refractivity contribution is 0.749. The van der Waals surface area contributed by atoms with E-state index in [9.17, 15) is 0 Å². The Morgan fingerprint density at radius 1 is 0.400 bits per heavy atom. The highest BCUT2D eigenvalue weighted by atomic mass is 32.1. The molecule has 4 nitrogen and oxygen atoms in total. The van der Waals surface area contributed by atoms with Crippen molar-refractivity contribution in [1.29, 1.82) is 0 Å². The van der Waals surface area contributed by atoms with Gasteiger partial charge in [0.2, 0.25) is 5.95 Å². The van der Waals surface area contributed by atoms with E-state index >= 15 is 0 Å². The lowest BCUT2D eigenvalue weighted by atomic mass is 9.65. The van der Waals surface area contributed by atoms with Crippen LogP contribution in [0.25, 0.3) is 64.8 Å². The molecule has 2 aliphatic rings. The quantitative estimate of drug-likeness (QED) is 0.182. The van der Waals surface area contributed by atoms with E-state index in [1.807, 2.05) is 0 Å². The number of hydrogen-bond donors (Lipinski definition) is 0. The molecule has 12 rings (SSSR count). The summed E-state index contributed by atoms with van der Waals surface area (Å²) in [4.78, 5) is 18.2. The highest BCUT2D eigenvalue weighted by Crippen LogP contribution is 2.63. The van der Waals surface area contributed by atoms with E-state index in [-0.39, 0.29) is 0 Å². The fraction of sp³-hybridized carbons (Fsp3) is 0.0200. The van der Waals surface area contributed by atoms with Crippen LogP contribution in [0.3, 0.4) is 0 Å². The first-order valence-electron chi connectivity index (χ1n) is 18.6. The molecular formula is C50H30N4S. The summed E-state index contributed by atoms with van der Waals surface area (Å²) in [5.41, 5.74) is 11.0. The molecule has 2 aromatic heterocycles. The van der Waals surface area contributed by atoms with Crippen molar-refractivity contribution in [3.05, 3.63) is 204 Å². The number of fused-ring (bicyclic) bond motifs is 13. The van der Waals surface area contributed by atoms with Crippen LogP contribution in [0.5, 0.6) is 0 Å². The number of aromatic nitrogens is 3. The third-order valence-corrected chi connectivity index (χ3v) is 12.7. The molecule has 256 valence electrons. The summed E-state index contributed by atoms with van der Waals surface area (Å²) >= 11 is 1.80. The molecule has 10 aromatic rings. The highest BCUT2D eigenvalue weighted by Gasteiger charge is 2.51. The maximum atomic E-state index is 5.39. The maximum absolute atomic E-state index is 5.39. The Kier molecular flexibility index (Phi) is 6.39. The van der Waals surface area contributed by atoms with Crippen molar-refractivity contribution >= 4 is 59.6 Å². The largest absolute Gasteiger partial charge is 0.278 e. The lowest BCUT2D eigenvalue weighted by Gasteiger charge is -2.44. The third-order valence-electron chi connectivity index (χ3n) is 11.5. The zero-order valence-corrected chi connectivity index (χ0v) is 30.3. The zero-order chi connectivity index (χ0) is 36.1. The second-order valence-electron chi connectivity index (χ2n) is 14.4. The first kappa shape index (κ1) is 30.5. The predicted molar refractivity (Wildman–Crippen MR) is 227 cm³/mol. The monoisotopic (exact) mass is 718 g/mol. The molecule has 1 aliphatic heterocycles. The van der Waals surface area contributed by atoms with Crippen molar-refractivity contribution in [3.63, 3.8) is 0 Å². The Labute approximate surface area is 321 Å². The minimum absolute atomic E-state index is 0.514. The summed E-state index contributed by atoms with van der Waals surface area (Å²) in [6, 6.07) is 65.5. The van der Waals surface area contributed by atoms with Crippen LogP contribution in [0.4, 0.5) is 17.3 Å². The van der Waals surface area contributed by atoms with E-state index in [1.165, 1.54) is 58.9 Å². The van der Waals surface area contributed by atoms with Gasteiger partial charge in [-0.05, 0) is 74.5 Å². The number of thiophene rings is 1. The molecule has 0 fully saturated rings. The summed E-state index contributed by atoms with van der Waals surface area (Å²) in [6.45, 7) is 0. The van der Waals surface area contributed by atoms with Gasteiger partial charge in [0.25, 0.3) is 0 Å². The molecule has 0 saturated heterocycles. The average Bonchev–Trinajstić information content (AvgIpc) is 3.77. The van der Waals surface area contributed by atoms with Crippen molar-refractivity contribution in [2.45, 2.75) is 5.41 Å². The van der Waals surface area contributed by atoms with E-state index in [0.29, 0.717) is 17.6 Å². The van der Waals surface area contributed by atoms with Gasteiger partial charge in [0, 0.05) is 31.3 Å². The van der Waals surface area contributed by atoms with Crippen LogP contribution in [0, 0.1) is 0 Å². The number of benzene rings is 8. The van der Waals surface area contributed by atoms with Crippen molar-refractivity contribution in [2.24, 2.45) is 0 Å². The molecule has 0 atom stereocenters. The first-order valence-corrected chi connectivity index (χ1v) is 19.4. The summed E-state index contributed by atoms with van der Waals surface area (Å²) in [5.74, 6) is 1.85. The summed E-state index contributed by atoms with van der Waals surface area (Å²) in [7, 11) is 0. The van der Waals surface area contributed by atoms with E-state index in [0.717, 1.165) is 27.9 Å². The number of para-hydroxylation sites is 2. The molecule has 0 bridgehead atoms. The van der Waals surface area contributed by atoms with Gasteiger partial charge in [0.05, 0.1) is 16.8 Å². The second kappa shape index (κ2) is 11.5. The molecule has 0 N–H and O–H groups in total. The second-order valence-corrected chi connectivity index (χ2v) is 15.4. The van der Waals surface area contributed by atoms with Gasteiger partial charge in [-0.3, -0.25) is 4.90 Å². The van der Waals surface area contributed by atoms with Crippen LogP contribution < -0.4 is 4.90 Å². The number of nitrogens with zero attached hydrogens (tertiary/aromatic N) is 4. The fourth-order valence-electron chi connectivity index (χ4n) is 9.19. The molecule has 8 aromatic carbocycles. The molecule has 55 heavy (non-hydrogen) atoms. The number of rotatable bonds is 3. The Bertz CT molecular complexity index is 3100. The van der Waals surface area contributed by atoms with Gasteiger partial charge < -0.3 is 0 Å². The minimum Gasteiger partial charge on any atom is -0.278 e. The van der Waals surface area contributed by atoms with E-state index in [2.05, 4.69) is 187 Å². The number of anilines is 3. The maximum Gasteiger partial charge on any atom is 0.238 e. The molecule has 1 aliphatic carbocycles. The molecule has 5 heteroatoms. The predicted octanol–water partition coefficient (Wildman–Crippen LogP) is 12.9. The Morgan fingerprint density at radius 3 is 1.64 bits per heavy atom. The normalized spacial score (nSPS) is 13.6. The number of hydrogen-bond acceptors (Lipinski definition) is 5. The summed E-state index contributed by atoms with van der Waals surface area (Å²) < 4.78 is 2.48. The van der Waals surface area contributed by atoms with Crippen LogP contribution >= 0.6 is 11.3 Å². The Morgan fingerprint density at radius 2 is 0.927 bits per heavy atom. The van der Waals surface area contributed by atoms with Gasteiger partial charge in [-0.15, -0.1) is 11.3 Å². The van der Waals surface area contributed by atoms with Crippen molar-refractivity contribution in [3.8, 4) is 33.9 Å². The molecule has 1 spiro atoms. The lowest BCUT2D eigenvalue weighted by Crippen LogP contribution is -2.36. The fourth-order valence-corrected chi connectivity index (χ4v) is 10.3. The zero-order valence-electron chi connectivity index (χ0n) is 29.5. The van der Waals surface area contributed by atoms with Crippen LogP contribution in [0.1, 0.15) is 22.3 Å². The summed E-state index contributed by atoms with van der Waals surface area (Å²) in [6.07, 6.45) is 0. The van der Waals surface area contributed by atoms with Crippen molar-refractivity contribution < 1.29 is 0 Å². The SMILES string of the molecule is c1ccc2c(c1)-c1ccccc1C21c2ccccc2N(c2nc(-c3ccc4ccccc4c3)nc(-c3ccc4c(c3)sc3ccccc34)n2)c2ccccc21. The molecule has 3 heterocycles. The van der Waals surface area contributed by atoms with Gasteiger partial charge in [0.15, 0.2) is 11.6 Å². The molecule has 0 saturated carbocycles. The molecular weight excluding hydrogens is 689 g/mol. The molecule has 0 radical (unpaired) electrons. The minimum atomic E-state index is -0.514.